The van der Waals surface area contributed by atoms with Gasteiger partial charge in [-0.1, -0.05) is 42.2 Å². The largest absolute Gasteiger partial charge is 0.493 e. The number of carboxylic acid groups (broad SMARTS) is 2. The molecule has 0 radical (unpaired) electrons. The highest BCUT2D eigenvalue weighted by molar-refractivity contribution is 8.28. The summed E-state index contributed by atoms with van der Waals surface area (Å²) in [6.45, 7) is 4.99. The number of aromatic nitrogens is 1. The van der Waals surface area contributed by atoms with Crippen molar-refractivity contribution in [1.82, 2.24) is 4.68 Å². The van der Waals surface area contributed by atoms with Crippen molar-refractivity contribution >= 4 is 77.1 Å². The van der Waals surface area contributed by atoms with Crippen LogP contribution in [0.15, 0.2) is 32.7 Å². The Hall–Kier alpha value is -3.30. The van der Waals surface area contributed by atoms with Crippen LogP contribution >= 0.6 is 42.8 Å². The summed E-state index contributed by atoms with van der Waals surface area (Å²) in [6, 6.07) is 3.01. The van der Waals surface area contributed by atoms with E-state index in [1.807, 2.05) is 0 Å². The van der Waals surface area contributed by atoms with Gasteiger partial charge in [-0.05, 0) is 31.0 Å². The van der Waals surface area contributed by atoms with Crippen molar-refractivity contribution in [2.24, 2.45) is 5.92 Å². The Kier molecular flexibility index (Phi) is 6.01. The third kappa shape index (κ3) is 3.54. The third-order valence-electron chi connectivity index (χ3n) is 7.56. The molecule has 2 unspecified atom stereocenters. The number of aromatic hydroxyl groups is 2. The number of amides is 2. The Labute approximate surface area is 244 Å². The van der Waals surface area contributed by atoms with Crippen molar-refractivity contribution in [2.45, 2.75) is 31.4 Å². The number of carbonyl (C=O) groups is 3. The van der Waals surface area contributed by atoms with E-state index >= 15 is 0 Å². The molecule has 13 nitrogen and oxygen atoms in total. The molecule has 2 amide bonds. The normalized spacial score (nSPS) is 24.7. The first-order chi connectivity index (χ1) is 19.1. The summed E-state index contributed by atoms with van der Waals surface area (Å²) < 4.78 is 14.3. The molecule has 41 heavy (non-hydrogen) atoms. The predicted octanol–water partition coefficient (Wildman–Crippen LogP) is 4.38. The van der Waals surface area contributed by atoms with E-state index < -0.39 is 57.1 Å². The first-order valence-corrected chi connectivity index (χ1v) is 16.0. The van der Waals surface area contributed by atoms with Crippen LogP contribution < -0.4 is 9.68 Å². The molecule has 17 heteroatoms. The smallest absolute Gasteiger partial charge is 0.351 e. The van der Waals surface area contributed by atoms with E-state index in [9.17, 15) is 44.3 Å². The third-order valence-corrected chi connectivity index (χ3v) is 14.7. The van der Waals surface area contributed by atoms with Crippen molar-refractivity contribution in [3.8, 4) is 11.8 Å². The Morgan fingerprint density at radius 1 is 1.10 bits per heavy atom. The Morgan fingerprint density at radius 2 is 1.66 bits per heavy atom. The number of urea groups is 1. The summed E-state index contributed by atoms with van der Waals surface area (Å²) in [5.41, 5.74) is 2.48. The van der Waals surface area contributed by atoms with Crippen molar-refractivity contribution in [2.75, 3.05) is 9.68 Å². The van der Waals surface area contributed by atoms with Crippen LogP contribution in [-0.2, 0) is 20.7 Å². The van der Waals surface area contributed by atoms with Crippen LogP contribution in [0.4, 0.5) is 10.5 Å². The topological polar surface area (TPSA) is 205 Å². The molecule has 1 aromatic carbocycles. The summed E-state index contributed by atoms with van der Waals surface area (Å²) >= 11 is 2.13. The number of carboxylic acids is 2. The lowest BCUT2D eigenvalue weighted by Gasteiger charge is -2.49. The quantitative estimate of drug-likeness (QED) is 0.260. The zero-order chi connectivity index (χ0) is 29.9. The zero-order valence-electron chi connectivity index (χ0n) is 21.4. The van der Waals surface area contributed by atoms with E-state index in [0.29, 0.717) is 33.1 Å². The van der Waals surface area contributed by atoms with Crippen LogP contribution in [0.3, 0.4) is 0 Å². The second-order valence-electron chi connectivity index (χ2n) is 9.76. The van der Waals surface area contributed by atoms with Gasteiger partial charge in [-0.3, -0.25) is 9.97 Å². The molecule has 1 aromatic heterocycles. The van der Waals surface area contributed by atoms with Crippen molar-refractivity contribution in [1.29, 1.82) is 5.41 Å². The molecule has 0 aliphatic carbocycles. The highest BCUT2D eigenvalue weighted by atomic mass is 32.2. The lowest BCUT2D eigenvalue weighted by atomic mass is 9.88. The predicted molar refractivity (Wildman–Crippen MR) is 155 cm³/mol. The fraction of sp³-hybridized carbons (Fsp3) is 0.250. The Morgan fingerprint density at radius 3 is 2.20 bits per heavy atom. The standard InChI is InChI=1S/C24H21N4O9PS3/c1-8-6-11-15-22(39-19(25)10(3)24(15)40-17(20(31)32)18(41-24)21(33)34)38(36,37)28-16(11)12(9(8)2)7-26(23(28)35)27-13(29)4-5-14(27)30/h4-6,10,25,29-30H,7H2,1-3H3,(H,31,32)(H,33,34)(H,36,37). The number of benzene rings is 1. The maximum atomic E-state index is 14.5. The van der Waals surface area contributed by atoms with Crippen LogP contribution in [0.5, 0.6) is 11.8 Å². The van der Waals surface area contributed by atoms with Gasteiger partial charge in [0.25, 0.3) is 0 Å². The van der Waals surface area contributed by atoms with E-state index in [-0.39, 0.29) is 27.5 Å². The molecule has 6 rings (SSSR count). The SMILES string of the molecule is Cc1cc2c3c(c1C)CN(n1c(O)ccc1O)C(=O)N3P(=O)(O)C1=C2C2(SC(C(=O)O)=C(C(=O)O)S2)C(C)C(=N)S1. The molecule has 0 saturated carbocycles. The Balaban J connectivity index is 1.67. The van der Waals surface area contributed by atoms with Gasteiger partial charge in [0.2, 0.25) is 11.8 Å². The summed E-state index contributed by atoms with van der Waals surface area (Å²) in [5, 5.41) is 50.0. The summed E-state index contributed by atoms with van der Waals surface area (Å²) in [6.07, 6.45) is 0. The van der Waals surface area contributed by atoms with Crippen molar-refractivity contribution in [3.63, 3.8) is 0 Å². The number of hydrogen-bond acceptors (Lipinski definition) is 10. The first kappa shape index (κ1) is 27.8. The molecular weight excluding hydrogens is 615 g/mol. The maximum absolute atomic E-state index is 14.5. The Bertz CT molecular complexity index is 1740. The molecule has 2 atom stereocenters. The highest BCUT2D eigenvalue weighted by Gasteiger charge is 2.62. The lowest BCUT2D eigenvalue weighted by Crippen LogP contribution is -2.53. The van der Waals surface area contributed by atoms with Gasteiger partial charge in [0.05, 0.1) is 17.3 Å². The lowest BCUT2D eigenvalue weighted by molar-refractivity contribution is -0.134. The second kappa shape index (κ2) is 8.85. The molecule has 5 heterocycles. The number of aliphatic carboxylic acids is 2. The number of aryl methyl sites for hydroxylation is 1. The van der Waals surface area contributed by atoms with Gasteiger partial charge in [-0.15, -0.1) is 0 Å². The van der Waals surface area contributed by atoms with Gasteiger partial charge < -0.3 is 25.3 Å². The van der Waals surface area contributed by atoms with E-state index in [1.54, 1.807) is 26.8 Å². The number of rotatable bonds is 3. The van der Waals surface area contributed by atoms with Crippen LogP contribution in [0.1, 0.15) is 29.2 Å². The number of nitrogens with one attached hydrogen (secondary N) is 1. The van der Waals surface area contributed by atoms with Crippen LogP contribution in [0.25, 0.3) is 5.57 Å². The van der Waals surface area contributed by atoms with E-state index in [1.165, 1.54) is 0 Å². The van der Waals surface area contributed by atoms with Crippen molar-refractivity contribution in [3.05, 3.63) is 54.9 Å². The van der Waals surface area contributed by atoms with Gasteiger partial charge in [0, 0.05) is 34.8 Å². The summed E-state index contributed by atoms with van der Waals surface area (Å²) in [5.74, 6) is -4.69. The molecule has 6 N–H and O–H groups in total. The fourth-order valence-corrected chi connectivity index (χ4v) is 12.7. The average molecular weight is 637 g/mol. The minimum absolute atomic E-state index is 0.104. The van der Waals surface area contributed by atoms with Gasteiger partial charge in [0.15, 0.2) is 0 Å². The first-order valence-electron chi connectivity index (χ1n) is 11.9. The maximum Gasteiger partial charge on any atom is 0.351 e. The highest BCUT2D eigenvalue weighted by Crippen LogP contribution is 2.77. The number of nitrogens with zero attached hydrogens (tertiary/aromatic N) is 3. The monoisotopic (exact) mass is 636 g/mol. The number of carbonyl (C=O) groups excluding carboxylic acids is 1. The second-order valence-corrected chi connectivity index (χ2v) is 15.8. The molecule has 214 valence electrons. The number of hydrogen-bond donors (Lipinski definition) is 6. The van der Waals surface area contributed by atoms with E-state index in [4.69, 9.17) is 5.41 Å². The molecule has 0 saturated heterocycles. The minimum atomic E-state index is -4.90. The molecular formula is C24H21N4O9PS3. The molecule has 0 bridgehead atoms. The van der Waals surface area contributed by atoms with Gasteiger partial charge >= 0.3 is 25.5 Å². The number of fused-ring (bicyclic) bond motifs is 2. The minimum Gasteiger partial charge on any atom is -0.493 e. The van der Waals surface area contributed by atoms with E-state index in [0.717, 1.165) is 50.9 Å². The average Bonchev–Trinajstić information content (AvgIpc) is 3.45. The van der Waals surface area contributed by atoms with Gasteiger partial charge in [-0.2, -0.15) is 4.68 Å². The number of thioether (sulfide) groups is 3. The summed E-state index contributed by atoms with van der Waals surface area (Å²) in [7, 11) is -4.90. The fourth-order valence-electron chi connectivity index (χ4n) is 5.44. The molecule has 4 aliphatic heterocycles. The molecule has 2 aromatic rings. The van der Waals surface area contributed by atoms with Crippen LogP contribution in [-0.4, -0.2) is 57.1 Å². The van der Waals surface area contributed by atoms with Gasteiger partial charge in [0.1, 0.15) is 18.5 Å². The molecule has 0 fully saturated rings. The van der Waals surface area contributed by atoms with Crippen molar-refractivity contribution < 1.29 is 44.3 Å². The molecule has 1 spiro atoms. The summed E-state index contributed by atoms with van der Waals surface area (Å²) in [4.78, 5) is 49.1. The van der Waals surface area contributed by atoms with Crippen LogP contribution in [0, 0.1) is 25.2 Å². The molecule has 4 aliphatic rings. The number of anilines is 1. The van der Waals surface area contributed by atoms with E-state index in [2.05, 4.69) is 0 Å². The van der Waals surface area contributed by atoms with Gasteiger partial charge in [-0.25, -0.2) is 24.1 Å². The van der Waals surface area contributed by atoms with Crippen LogP contribution in [0.2, 0.25) is 0 Å². The zero-order valence-corrected chi connectivity index (χ0v) is 24.7.